The second-order valence-electron chi connectivity index (χ2n) is 9.26. The maximum absolute atomic E-state index is 13.3. The summed E-state index contributed by atoms with van der Waals surface area (Å²) in [7, 11) is -4.00. The van der Waals surface area contributed by atoms with Crippen LogP contribution in [0.1, 0.15) is 37.8 Å². The lowest BCUT2D eigenvalue weighted by atomic mass is 9.94. The fourth-order valence-electron chi connectivity index (χ4n) is 4.54. The number of hydrogen-bond donors (Lipinski definition) is 1. The van der Waals surface area contributed by atoms with E-state index in [-0.39, 0.29) is 30.4 Å². The van der Waals surface area contributed by atoms with Gasteiger partial charge < -0.3 is 10.0 Å². The van der Waals surface area contributed by atoms with Gasteiger partial charge in [0.1, 0.15) is 0 Å². The van der Waals surface area contributed by atoms with Crippen LogP contribution in [0.2, 0.25) is 0 Å². The predicted octanol–water partition coefficient (Wildman–Crippen LogP) is 3.41. The monoisotopic (exact) mass is 496 g/mol. The molecule has 1 unspecified atom stereocenters. The zero-order valence-corrected chi connectivity index (χ0v) is 19.7. The molecular formula is C24H27F3N2O4S. The molecule has 1 saturated heterocycles. The minimum absolute atomic E-state index is 0.00123. The molecule has 1 aliphatic heterocycles. The average Bonchev–Trinajstić information content (AvgIpc) is 3.60. The number of aliphatic hydroxyl groups is 1. The number of piperazine rings is 1. The molecule has 1 saturated carbocycles. The molecule has 1 aliphatic carbocycles. The first-order chi connectivity index (χ1) is 15.8. The molecule has 2 aromatic carbocycles. The number of amides is 1. The standard InChI is InChI=1S/C24H27F3N2O4S/c1-17-16-28(21(30)23(12-13-23)19-6-4-3-5-7-19)14-15-29(17)34(32,33)20-10-8-18(9-11-20)22(2,31)24(25,26)27/h3-11,17,31H,12-16H2,1-2H3/t17?,22-/m1/s1. The molecule has 1 amide bonds. The van der Waals surface area contributed by atoms with Crippen molar-refractivity contribution in [3.8, 4) is 0 Å². The number of benzene rings is 2. The number of hydrogen-bond acceptors (Lipinski definition) is 4. The molecule has 0 aromatic heterocycles. The Morgan fingerprint density at radius 3 is 2.12 bits per heavy atom. The van der Waals surface area contributed by atoms with Crippen LogP contribution in [0.25, 0.3) is 0 Å². The van der Waals surface area contributed by atoms with E-state index in [9.17, 15) is 31.5 Å². The van der Waals surface area contributed by atoms with Crippen molar-refractivity contribution in [1.29, 1.82) is 0 Å². The third-order valence-corrected chi connectivity index (χ3v) is 8.94. The van der Waals surface area contributed by atoms with Crippen molar-refractivity contribution in [2.24, 2.45) is 0 Å². The van der Waals surface area contributed by atoms with Crippen LogP contribution in [-0.4, -0.2) is 60.5 Å². The maximum Gasteiger partial charge on any atom is 0.421 e. The van der Waals surface area contributed by atoms with E-state index in [0.717, 1.165) is 42.7 Å². The Kier molecular flexibility index (Phi) is 6.06. The van der Waals surface area contributed by atoms with Crippen molar-refractivity contribution in [3.05, 3.63) is 65.7 Å². The van der Waals surface area contributed by atoms with Gasteiger partial charge in [0.05, 0.1) is 10.3 Å². The highest BCUT2D eigenvalue weighted by Gasteiger charge is 2.54. The summed E-state index contributed by atoms with van der Waals surface area (Å²) in [6.07, 6.45) is -3.38. The van der Waals surface area contributed by atoms with E-state index >= 15 is 0 Å². The quantitative estimate of drug-likeness (QED) is 0.688. The van der Waals surface area contributed by atoms with E-state index in [1.165, 1.54) is 4.31 Å². The zero-order chi connectivity index (χ0) is 24.9. The zero-order valence-electron chi connectivity index (χ0n) is 18.9. The maximum atomic E-state index is 13.3. The Bertz CT molecular complexity index is 1160. The topological polar surface area (TPSA) is 77.9 Å². The number of halogens is 3. The molecule has 2 aliphatic rings. The highest BCUT2D eigenvalue weighted by Crippen LogP contribution is 2.49. The van der Waals surface area contributed by atoms with Gasteiger partial charge >= 0.3 is 6.18 Å². The summed E-state index contributed by atoms with van der Waals surface area (Å²) < 4.78 is 66.9. The molecule has 0 radical (unpaired) electrons. The Labute approximate surface area is 197 Å². The Hall–Kier alpha value is -2.43. The van der Waals surface area contributed by atoms with Gasteiger partial charge in [-0.05, 0) is 49.9 Å². The normalized spacial score (nSPS) is 22.8. The molecule has 1 heterocycles. The fraction of sp³-hybridized carbons (Fsp3) is 0.458. The van der Waals surface area contributed by atoms with Crippen molar-refractivity contribution in [1.82, 2.24) is 9.21 Å². The first-order valence-corrected chi connectivity index (χ1v) is 12.5. The van der Waals surface area contributed by atoms with Crippen LogP contribution in [0, 0.1) is 0 Å². The third kappa shape index (κ3) is 4.12. The largest absolute Gasteiger partial charge is 0.421 e. The summed E-state index contributed by atoms with van der Waals surface area (Å²) >= 11 is 0. The second-order valence-corrected chi connectivity index (χ2v) is 11.1. The molecule has 4 rings (SSSR count). The summed E-state index contributed by atoms with van der Waals surface area (Å²) in [4.78, 5) is 14.9. The van der Waals surface area contributed by atoms with Crippen LogP contribution in [0.5, 0.6) is 0 Å². The Morgan fingerprint density at radius 2 is 1.62 bits per heavy atom. The Balaban J connectivity index is 1.49. The van der Waals surface area contributed by atoms with Gasteiger partial charge in [-0.15, -0.1) is 0 Å². The lowest BCUT2D eigenvalue weighted by molar-refractivity contribution is -0.258. The van der Waals surface area contributed by atoms with Crippen LogP contribution in [-0.2, 0) is 25.8 Å². The highest BCUT2D eigenvalue weighted by atomic mass is 32.2. The lowest BCUT2D eigenvalue weighted by Gasteiger charge is -2.40. The van der Waals surface area contributed by atoms with Crippen LogP contribution in [0.4, 0.5) is 13.2 Å². The molecule has 6 nitrogen and oxygen atoms in total. The lowest BCUT2D eigenvalue weighted by Crippen LogP contribution is -2.57. The van der Waals surface area contributed by atoms with E-state index in [2.05, 4.69) is 0 Å². The van der Waals surface area contributed by atoms with Gasteiger partial charge in [-0.2, -0.15) is 17.5 Å². The molecule has 2 fully saturated rings. The van der Waals surface area contributed by atoms with E-state index in [4.69, 9.17) is 0 Å². The van der Waals surface area contributed by atoms with Gasteiger partial charge in [0, 0.05) is 25.7 Å². The van der Waals surface area contributed by atoms with Gasteiger partial charge in [-0.3, -0.25) is 4.79 Å². The molecule has 1 N–H and O–H groups in total. The van der Waals surface area contributed by atoms with Crippen molar-refractivity contribution in [3.63, 3.8) is 0 Å². The van der Waals surface area contributed by atoms with Gasteiger partial charge in [0.15, 0.2) is 5.60 Å². The molecule has 0 spiro atoms. The van der Waals surface area contributed by atoms with E-state index < -0.39 is 38.8 Å². The Morgan fingerprint density at radius 1 is 1.03 bits per heavy atom. The van der Waals surface area contributed by atoms with Crippen LogP contribution < -0.4 is 0 Å². The van der Waals surface area contributed by atoms with E-state index in [1.807, 2.05) is 30.3 Å². The molecule has 34 heavy (non-hydrogen) atoms. The number of rotatable bonds is 5. The summed E-state index contributed by atoms with van der Waals surface area (Å²) in [6, 6.07) is 13.2. The minimum atomic E-state index is -4.90. The van der Waals surface area contributed by atoms with E-state index in [1.54, 1.807) is 11.8 Å². The molecule has 184 valence electrons. The summed E-state index contributed by atoms with van der Waals surface area (Å²) in [6.45, 7) is 2.88. The van der Waals surface area contributed by atoms with Crippen molar-refractivity contribution >= 4 is 15.9 Å². The predicted molar refractivity (Wildman–Crippen MR) is 119 cm³/mol. The first kappa shape index (κ1) is 24.7. The summed E-state index contributed by atoms with van der Waals surface area (Å²) in [5, 5.41) is 9.82. The minimum Gasteiger partial charge on any atom is -0.376 e. The van der Waals surface area contributed by atoms with Gasteiger partial charge in [0.2, 0.25) is 15.9 Å². The smallest absolute Gasteiger partial charge is 0.376 e. The SMILES string of the molecule is CC1CN(C(=O)C2(c3ccccc3)CC2)CCN1S(=O)(=O)c1ccc([C@@](C)(O)C(F)(F)F)cc1. The number of carbonyl (C=O) groups is 1. The summed E-state index contributed by atoms with van der Waals surface area (Å²) in [5.41, 5.74) is -3.10. The van der Waals surface area contributed by atoms with Crippen molar-refractivity contribution in [2.75, 3.05) is 19.6 Å². The van der Waals surface area contributed by atoms with Crippen molar-refractivity contribution < 1.29 is 31.5 Å². The van der Waals surface area contributed by atoms with Crippen LogP contribution in [0.3, 0.4) is 0 Å². The molecule has 0 bridgehead atoms. The first-order valence-electron chi connectivity index (χ1n) is 11.1. The number of carbonyl (C=O) groups excluding carboxylic acids is 1. The van der Waals surface area contributed by atoms with Crippen LogP contribution >= 0.6 is 0 Å². The third-order valence-electron chi connectivity index (χ3n) is 6.91. The van der Waals surface area contributed by atoms with Gasteiger partial charge in [0.25, 0.3) is 0 Å². The number of alkyl halides is 3. The van der Waals surface area contributed by atoms with E-state index in [0.29, 0.717) is 6.92 Å². The summed E-state index contributed by atoms with van der Waals surface area (Å²) in [5.74, 6) is 0.00123. The second kappa shape index (κ2) is 8.35. The number of nitrogens with zero attached hydrogens (tertiary/aromatic N) is 2. The molecule has 2 atom stereocenters. The number of sulfonamides is 1. The van der Waals surface area contributed by atoms with Crippen molar-refractivity contribution in [2.45, 2.75) is 54.8 Å². The van der Waals surface area contributed by atoms with Gasteiger partial charge in [-0.1, -0.05) is 42.5 Å². The molecule has 2 aromatic rings. The highest BCUT2D eigenvalue weighted by molar-refractivity contribution is 7.89. The molecular weight excluding hydrogens is 469 g/mol. The van der Waals surface area contributed by atoms with Gasteiger partial charge in [-0.25, -0.2) is 8.42 Å². The fourth-order valence-corrected chi connectivity index (χ4v) is 6.16. The average molecular weight is 497 g/mol. The molecule has 10 heteroatoms. The van der Waals surface area contributed by atoms with Crippen LogP contribution in [0.15, 0.2) is 59.5 Å².